The molecule has 0 amide bonds. The molecule has 0 N–H and O–H groups in total. The van der Waals surface area contributed by atoms with E-state index in [-0.39, 0.29) is 0 Å². The Morgan fingerprint density at radius 1 is 1.29 bits per heavy atom. The second kappa shape index (κ2) is 5.99. The van der Waals surface area contributed by atoms with E-state index in [1.165, 1.54) is 37.8 Å². The number of aromatic nitrogens is 4. The number of aryl methyl sites for hydroxylation is 3. The quantitative estimate of drug-likeness (QED) is 0.800. The highest BCUT2D eigenvalue weighted by Gasteiger charge is 2.30. The Balaban J connectivity index is 2.15. The van der Waals surface area contributed by atoms with Gasteiger partial charge in [0.1, 0.15) is 11.3 Å². The molecule has 0 spiro atoms. The molecule has 3 rings (SSSR count). The lowest BCUT2D eigenvalue weighted by Gasteiger charge is -2.33. The van der Waals surface area contributed by atoms with Crippen molar-refractivity contribution >= 4 is 22.8 Å². The molecule has 2 aromatic heterocycles. The maximum absolute atomic E-state index is 6.02. The first-order valence-electron chi connectivity index (χ1n) is 8.13. The summed E-state index contributed by atoms with van der Waals surface area (Å²) in [5, 5.41) is 4.56. The molecule has 2 heterocycles. The van der Waals surface area contributed by atoms with Gasteiger partial charge in [-0.3, -0.25) is 4.68 Å². The van der Waals surface area contributed by atoms with Crippen LogP contribution in [0.4, 0.5) is 0 Å². The highest BCUT2D eigenvalue weighted by Crippen LogP contribution is 2.39. The van der Waals surface area contributed by atoms with Gasteiger partial charge in [-0.1, -0.05) is 26.2 Å². The van der Waals surface area contributed by atoms with Crippen LogP contribution in [-0.4, -0.2) is 25.2 Å². The van der Waals surface area contributed by atoms with Gasteiger partial charge in [-0.2, -0.15) is 5.10 Å². The molecule has 5 heteroatoms. The summed E-state index contributed by atoms with van der Waals surface area (Å²) in [5.41, 5.74) is 3.25. The van der Waals surface area contributed by atoms with Crippen molar-refractivity contribution < 1.29 is 0 Å². The fraction of sp³-hybridized carbons (Fsp3) is 0.750. The van der Waals surface area contributed by atoms with E-state index in [9.17, 15) is 0 Å². The zero-order chi connectivity index (χ0) is 15.0. The molecule has 1 saturated carbocycles. The van der Waals surface area contributed by atoms with Crippen molar-refractivity contribution in [3.05, 3.63) is 11.5 Å². The van der Waals surface area contributed by atoms with Crippen LogP contribution in [0.2, 0.25) is 0 Å². The Labute approximate surface area is 131 Å². The number of halogens is 1. The fourth-order valence-corrected chi connectivity index (χ4v) is 4.12. The Bertz CT molecular complexity index is 628. The molecule has 0 aliphatic heterocycles. The van der Waals surface area contributed by atoms with Crippen LogP contribution < -0.4 is 0 Å². The van der Waals surface area contributed by atoms with Crippen LogP contribution in [-0.2, 0) is 13.5 Å². The molecule has 21 heavy (non-hydrogen) atoms. The minimum atomic E-state index is 0.557. The molecule has 0 saturated heterocycles. The number of hydrogen-bond donors (Lipinski definition) is 0. The fourth-order valence-electron chi connectivity index (χ4n) is 3.95. The van der Waals surface area contributed by atoms with Gasteiger partial charge >= 0.3 is 0 Å². The first kappa shape index (κ1) is 14.9. The molecule has 1 aliphatic carbocycles. The predicted molar refractivity (Wildman–Crippen MR) is 86.9 cm³/mol. The SMILES string of the molecule is CCC1CCCCC1n1c(CCCl)nc2c(C)nn(C)c21. The smallest absolute Gasteiger partial charge is 0.158 e. The summed E-state index contributed by atoms with van der Waals surface area (Å²) in [6.07, 6.45) is 7.34. The minimum absolute atomic E-state index is 0.557. The highest BCUT2D eigenvalue weighted by molar-refractivity contribution is 6.17. The molecule has 1 fully saturated rings. The maximum Gasteiger partial charge on any atom is 0.158 e. The molecule has 1 aliphatic rings. The molecular weight excluding hydrogens is 284 g/mol. The monoisotopic (exact) mass is 308 g/mol. The number of imidazole rings is 1. The molecule has 0 bridgehead atoms. The lowest BCUT2D eigenvalue weighted by atomic mass is 9.82. The van der Waals surface area contributed by atoms with Crippen molar-refractivity contribution in [3.63, 3.8) is 0 Å². The lowest BCUT2D eigenvalue weighted by Crippen LogP contribution is -2.25. The zero-order valence-corrected chi connectivity index (χ0v) is 14.0. The van der Waals surface area contributed by atoms with Crippen LogP contribution in [0.1, 0.15) is 56.6 Å². The molecular formula is C16H25ClN4. The van der Waals surface area contributed by atoms with E-state index < -0.39 is 0 Å². The van der Waals surface area contributed by atoms with Crippen molar-refractivity contribution in [3.8, 4) is 0 Å². The van der Waals surface area contributed by atoms with Crippen molar-refractivity contribution in [2.24, 2.45) is 13.0 Å². The van der Waals surface area contributed by atoms with Gasteiger partial charge in [0.2, 0.25) is 0 Å². The normalized spacial score (nSPS) is 23.0. The predicted octanol–water partition coefficient (Wildman–Crippen LogP) is 4.00. The van der Waals surface area contributed by atoms with Crippen molar-refractivity contribution in [1.29, 1.82) is 0 Å². The molecule has 0 radical (unpaired) electrons. The highest BCUT2D eigenvalue weighted by atomic mass is 35.5. The van der Waals surface area contributed by atoms with Crippen LogP contribution in [0.3, 0.4) is 0 Å². The second-order valence-electron chi connectivity index (χ2n) is 6.24. The van der Waals surface area contributed by atoms with E-state index in [1.54, 1.807) is 0 Å². The third-order valence-corrected chi connectivity index (χ3v) is 5.14. The summed E-state index contributed by atoms with van der Waals surface area (Å²) in [5.74, 6) is 2.51. The molecule has 116 valence electrons. The third kappa shape index (κ3) is 2.48. The summed E-state index contributed by atoms with van der Waals surface area (Å²) < 4.78 is 4.46. The zero-order valence-electron chi connectivity index (χ0n) is 13.3. The van der Waals surface area contributed by atoms with E-state index in [0.717, 1.165) is 29.4 Å². The number of hydrogen-bond acceptors (Lipinski definition) is 2. The van der Waals surface area contributed by atoms with E-state index in [4.69, 9.17) is 16.6 Å². The number of nitrogens with zero attached hydrogens (tertiary/aromatic N) is 4. The van der Waals surface area contributed by atoms with E-state index >= 15 is 0 Å². The van der Waals surface area contributed by atoms with Crippen LogP contribution in [0, 0.1) is 12.8 Å². The van der Waals surface area contributed by atoms with Gasteiger partial charge in [0, 0.05) is 25.4 Å². The van der Waals surface area contributed by atoms with Gasteiger partial charge in [-0.15, -0.1) is 11.6 Å². The van der Waals surface area contributed by atoms with Crippen LogP contribution in [0.5, 0.6) is 0 Å². The topological polar surface area (TPSA) is 35.6 Å². The van der Waals surface area contributed by atoms with E-state index in [2.05, 4.69) is 16.6 Å². The van der Waals surface area contributed by atoms with Gasteiger partial charge < -0.3 is 4.57 Å². The number of alkyl halides is 1. The van der Waals surface area contributed by atoms with Gasteiger partial charge in [0.25, 0.3) is 0 Å². The molecule has 2 aromatic rings. The Kier molecular flexibility index (Phi) is 4.25. The molecule has 0 aromatic carbocycles. The first-order chi connectivity index (χ1) is 10.2. The minimum Gasteiger partial charge on any atom is -0.309 e. The van der Waals surface area contributed by atoms with Crippen molar-refractivity contribution in [2.45, 2.75) is 58.4 Å². The van der Waals surface area contributed by atoms with Crippen LogP contribution in [0.25, 0.3) is 11.2 Å². The van der Waals surface area contributed by atoms with Crippen molar-refractivity contribution in [1.82, 2.24) is 19.3 Å². The maximum atomic E-state index is 6.02. The van der Waals surface area contributed by atoms with Gasteiger partial charge in [0.15, 0.2) is 5.65 Å². The summed E-state index contributed by atoms with van der Waals surface area (Å²) in [6.45, 7) is 4.36. The summed E-state index contributed by atoms with van der Waals surface area (Å²) in [7, 11) is 2.03. The average molecular weight is 309 g/mol. The largest absolute Gasteiger partial charge is 0.309 e. The van der Waals surface area contributed by atoms with Gasteiger partial charge in [-0.05, 0) is 25.7 Å². The van der Waals surface area contributed by atoms with E-state index in [0.29, 0.717) is 11.9 Å². The number of rotatable bonds is 4. The van der Waals surface area contributed by atoms with Crippen LogP contribution >= 0.6 is 11.6 Å². The van der Waals surface area contributed by atoms with Crippen LogP contribution in [0.15, 0.2) is 0 Å². The Morgan fingerprint density at radius 3 is 2.76 bits per heavy atom. The van der Waals surface area contributed by atoms with E-state index in [1.807, 2.05) is 18.7 Å². The van der Waals surface area contributed by atoms with Crippen molar-refractivity contribution in [2.75, 3.05) is 5.88 Å². The molecule has 4 nitrogen and oxygen atoms in total. The Morgan fingerprint density at radius 2 is 2.05 bits per heavy atom. The molecule has 2 atom stereocenters. The summed E-state index contributed by atoms with van der Waals surface area (Å²) >= 11 is 6.02. The molecule has 2 unspecified atom stereocenters. The lowest BCUT2D eigenvalue weighted by molar-refractivity contribution is 0.231. The van der Waals surface area contributed by atoms with Gasteiger partial charge in [0.05, 0.1) is 5.69 Å². The first-order valence-corrected chi connectivity index (χ1v) is 8.67. The standard InChI is InChI=1S/C16H25ClN4/c1-4-12-7-5-6-8-13(12)21-14(9-10-17)18-15-11(2)19-20(3)16(15)21/h12-13H,4-10H2,1-3H3. The third-order valence-electron chi connectivity index (χ3n) is 4.95. The van der Waals surface area contributed by atoms with Gasteiger partial charge in [-0.25, -0.2) is 4.98 Å². The average Bonchev–Trinajstić information content (AvgIpc) is 2.98. The summed E-state index contributed by atoms with van der Waals surface area (Å²) in [4.78, 5) is 4.86. The number of fused-ring (bicyclic) bond motifs is 1. The summed E-state index contributed by atoms with van der Waals surface area (Å²) in [6, 6.07) is 0.557. The second-order valence-corrected chi connectivity index (χ2v) is 6.62. The Hall–Kier alpha value is -1.03.